The molecule has 0 unspecified atom stereocenters. The van der Waals surface area contributed by atoms with Crippen molar-refractivity contribution in [1.82, 2.24) is 5.32 Å². The number of furan rings is 1. The molecule has 0 bridgehead atoms. The van der Waals surface area contributed by atoms with Gasteiger partial charge in [-0.3, -0.25) is 0 Å². The summed E-state index contributed by atoms with van der Waals surface area (Å²) in [4.78, 5) is 0. The first-order chi connectivity index (χ1) is 7.25. The highest BCUT2D eigenvalue weighted by molar-refractivity contribution is 5.78. The van der Waals surface area contributed by atoms with Crippen molar-refractivity contribution in [3.63, 3.8) is 0 Å². The van der Waals surface area contributed by atoms with Crippen LogP contribution in [0.2, 0.25) is 0 Å². The molecule has 1 aliphatic rings. The lowest BCUT2D eigenvalue weighted by Crippen LogP contribution is -2.60. The molecule has 3 nitrogen and oxygen atoms in total. The summed E-state index contributed by atoms with van der Waals surface area (Å²) in [7, 11) is 0. The molecule has 2 aromatic rings. The molecule has 1 aliphatic heterocycles. The average molecular weight is 203 g/mol. The number of fused-ring (bicyclic) bond motifs is 1. The molecule has 0 spiro atoms. The van der Waals surface area contributed by atoms with Crippen molar-refractivity contribution < 1.29 is 9.15 Å². The van der Waals surface area contributed by atoms with Crippen LogP contribution < -0.4 is 10.1 Å². The van der Waals surface area contributed by atoms with Gasteiger partial charge in [0.1, 0.15) is 16.9 Å². The summed E-state index contributed by atoms with van der Waals surface area (Å²) in [5.41, 5.74) is 0.858. The second-order valence-corrected chi connectivity index (χ2v) is 4.28. The molecule has 0 radical (unpaired) electrons. The van der Waals surface area contributed by atoms with Crippen LogP contribution in [0.5, 0.6) is 5.75 Å². The van der Waals surface area contributed by atoms with E-state index in [1.807, 2.05) is 24.3 Å². The topological polar surface area (TPSA) is 34.4 Å². The first-order valence-electron chi connectivity index (χ1n) is 5.12. The molecule has 3 heteroatoms. The number of rotatable bonds is 2. The largest absolute Gasteiger partial charge is 0.485 e. The van der Waals surface area contributed by atoms with Crippen LogP contribution in [0.15, 0.2) is 34.9 Å². The molecule has 0 atom stereocenters. The Balaban J connectivity index is 1.90. The molecule has 0 saturated carbocycles. The summed E-state index contributed by atoms with van der Waals surface area (Å²) in [5, 5.41) is 4.30. The Morgan fingerprint density at radius 1 is 1.33 bits per heavy atom. The molecular weight excluding hydrogens is 190 g/mol. The number of hydrogen-bond donors (Lipinski definition) is 1. The number of benzene rings is 1. The molecule has 1 fully saturated rings. The van der Waals surface area contributed by atoms with Gasteiger partial charge < -0.3 is 14.5 Å². The Morgan fingerprint density at radius 3 is 2.93 bits per heavy atom. The van der Waals surface area contributed by atoms with Crippen LogP contribution in [0.1, 0.15) is 6.92 Å². The summed E-state index contributed by atoms with van der Waals surface area (Å²) in [6.07, 6.45) is 1.70. The van der Waals surface area contributed by atoms with Crippen LogP contribution in [0.4, 0.5) is 0 Å². The van der Waals surface area contributed by atoms with Crippen molar-refractivity contribution in [1.29, 1.82) is 0 Å². The average Bonchev–Trinajstić information content (AvgIpc) is 2.62. The molecule has 15 heavy (non-hydrogen) atoms. The number of hydrogen-bond acceptors (Lipinski definition) is 3. The zero-order valence-electron chi connectivity index (χ0n) is 8.62. The second kappa shape index (κ2) is 3.00. The van der Waals surface area contributed by atoms with E-state index in [9.17, 15) is 0 Å². The molecule has 1 aromatic heterocycles. The summed E-state index contributed by atoms with van der Waals surface area (Å²) in [5.74, 6) is 0.910. The maximum Gasteiger partial charge on any atom is 0.134 e. The van der Waals surface area contributed by atoms with Gasteiger partial charge in [0.15, 0.2) is 0 Å². The maximum atomic E-state index is 5.91. The molecule has 2 heterocycles. The minimum Gasteiger partial charge on any atom is -0.485 e. The van der Waals surface area contributed by atoms with Crippen LogP contribution in [-0.2, 0) is 0 Å². The van der Waals surface area contributed by atoms with Crippen LogP contribution in [-0.4, -0.2) is 18.7 Å². The van der Waals surface area contributed by atoms with E-state index in [4.69, 9.17) is 9.15 Å². The van der Waals surface area contributed by atoms with Crippen molar-refractivity contribution in [2.24, 2.45) is 0 Å². The van der Waals surface area contributed by atoms with Crippen LogP contribution >= 0.6 is 0 Å². The highest BCUT2D eigenvalue weighted by atomic mass is 16.5. The smallest absolute Gasteiger partial charge is 0.134 e. The normalized spacial score (nSPS) is 18.7. The molecule has 1 N–H and O–H groups in total. The van der Waals surface area contributed by atoms with E-state index >= 15 is 0 Å². The van der Waals surface area contributed by atoms with Gasteiger partial charge in [-0.2, -0.15) is 0 Å². The van der Waals surface area contributed by atoms with Gasteiger partial charge in [0.05, 0.1) is 6.26 Å². The summed E-state index contributed by atoms with van der Waals surface area (Å²) in [6.45, 7) is 3.94. The molecule has 0 amide bonds. The van der Waals surface area contributed by atoms with Gasteiger partial charge in [-0.05, 0) is 31.2 Å². The molecular formula is C12H13NO2. The van der Waals surface area contributed by atoms with E-state index in [0.717, 1.165) is 29.8 Å². The lowest BCUT2D eigenvalue weighted by Gasteiger charge is -2.39. The third-order valence-electron chi connectivity index (χ3n) is 2.79. The fraction of sp³-hybridized carbons (Fsp3) is 0.333. The minimum atomic E-state index is -0.0442. The van der Waals surface area contributed by atoms with Gasteiger partial charge in [0.25, 0.3) is 0 Å². The van der Waals surface area contributed by atoms with Gasteiger partial charge in [-0.1, -0.05) is 0 Å². The van der Waals surface area contributed by atoms with Gasteiger partial charge in [0, 0.05) is 18.5 Å². The van der Waals surface area contributed by atoms with Gasteiger partial charge >= 0.3 is 0 Å². The summed E-state index contributed by atoms with van der Waals surface area (Å²) in [6, 6.07) is 7.86. The van der Waals surface area contributed by atoms with Crippen LogP contribution in [0, 0.1) is 0 Å². The Morgan fingerprint density at radius 2 is 2.20 bits per heavy atom. The predicted octanol–water partition coefficient (Wildman–Crippen LogP) is 2.17. The van der Waals surface area contributed by atoms with Crippen molar-refractivity contribution in [2.75, 3.05) is 13.1 Å². The fourth-order valence-corrected chi connectivity index (χ4v) is 1.84. The molecule has 78 valence electrons. The lowest BCUT2D eigenvalue weighted by molar-refractivity contribution is 0.0350. The van der Waals surface area contributed by atoms with Gasteiger partial charge in [-0.25, -0.2) is 0 Å². The van der Waals surface area contributed by atoms with Gasteiger partial charge in [0.2, 0.25) is 0 Å². The van der Waals surface area contributed by atoms with Crippen LogP contribution in [0.25, 0.3) is 11.0 Å². The van der Waals surface area contributed by atoms with E-state index in [1.54, 1.807) is 6.26 Å². The Labute approximate surface area is 88.0 Å². The number of ether oxygens (including phenoxy) is 1. The first kappa shape index (κ1) is 8.80. The molecule has 3 rings (SSSR count). The standard InChI is InChI=1S/C12H13NO2/c1-12(7-13-8-12)15-10-2-3-11-9(6-10)4-5-14-11/h2-6,13H,7-8H2,1H3. The second-order valence-electron chi connectivity index (χ2n) is 4.28. The molecule has 0 aliphatic carbocycles. The minimum absolute atomic E-state index is 0.0442. The Kier molecular flexibility index (Phi) is 1.76. The fourth-order valence-electron chi connectivity index (χ4n) is 1.84. The Bertz CT molecular complexity index is 485. The quantitative estimate of drug-likeness (QED) is 0.812. The third-order valence-corrected chi connectivity index (χ3v) is 2.79. The predicted molar refractivity (Wildman–Crippen MR) is 58.1 cm³/mol. The van der Waals surface area contributed by atoms with E-state index in [0.29, 0.717) is 0 Å². The molecule has 1 aromatic carbocycles. The first-order valence-corrected chi connectivity index (χ1v) is 5.12. The summed E-state index contributed by atoms with van der Waals surface area (Å²) < 4.78 is 11.2. The van der Waals surface area contributed by atoms with E-state index in [2.05, 4.69) is 12.2 Å². The van der Waals surface area contributed by atoms with Crippen molar-refractivity contribution in [3.8, 4) is 5.75 Å². The lowest BCUT2D eigenvalue weighted by atomic mass is 10.00. The van der Waals surface area contributed by atoms with Crippen molar-refractivity contribution in [3.05, 3.63) is 30.5 Å². The zero-order valence-corrected chi connectivity index (χ0v) is 8.62. The highest BCUT2D eigenvalue weighted by Gasteiger charge is 2.33. The molecule has 1 saturated heterocycles. The third kappa shape index (κ3) is 1.49. The monoisotopic (exact) mass is 203 g/mol. The maximum absolute atomic E-state index is 5.91. The SMILES string of the molecule is CC1(Oc2ccc3occc3c2)CNC1. The summed E-state index contributed by atoms with van der Waals surface area (Å²) >= 11 is 0. The van der Waals surface area contributed by atoms with Crippen molar-refractivity contribution >= 4 is 11.0 Å². The number of nitrogens with one attached hydrogen (secondary N) is 1. The van der Waals surface area contributed by atoms with Crippen LogP contribution in [0.3, 0.4) is 0 Å². The van der Waals surface area contributed by atoms with E-state index < -0.39 is 0 Å². The Hall–Kier alpha value is -1.48. The van der Waals surface area contributed by atoms with E-state index in [1.165, 1.54) is 0 Å². The zero-order chi connectivity index (χ0) is 10.3. The van der Waals surface area contributed by atoms with Crippen molar-refractivity contribution in [2.45, 2.75) is 12.5 Å². The highest BCUT2D eigenvalue weighted by Crippen LogP contribution is 2.26. The van der Waals surface area contributed by atoms with E-state index in [-0.39, 0.29) is 5.60 Å². The van der Waals surface area contributed by atoms with Gasteiger partial charge in [-0.15, -0.1) is 0 Å².